The summed E-state index contributed by atoms with van der Waals surface area (Å²) >= 11 is 0. The van der Waals surface area contributed by atoms with Gasteiger partial charge in [0, 0.05) is 19.3 Å². The van der Waals surface area contributed by atoms with Crippen LogP contribution in [0.3, 0.4) is 0 Å². The van der Waals surface area contributed by atoms with E-state index in [0.29, 0.717) is 5.92 Å². The molecule has 1 amide bonds. The lowest BCUT2D eigenvalue weighted by Crippen LogP contribution is -2.48. The van der Waals surface area contributed by atoms with E-state index in [1.807, 2.05) is 0 Å². The normalized spacial score (nSPS) is 20.3. The Labute approximate surface area is 136 Å². The summed E-state index contributed by atoms with van der Waals surface area (Å²) in [5.41, 5.74) is 1.48. The number of fused-ring (bicyclic) bond motifs is 2. The molecule has 1 aromatic carbocycles. The molecule has 124 valence electrons. The lowest BCUT2D eigenvalue weighted by atomic mass is 9.73. The van der Waals surface area contributed by atoms with Crippen LogP contribution in [0.2, 0.25) is 0 Å². The molecule has 2 aliphatic rings. The minimum atomic E-state index is -0.942. The number of likely N-dealkylation sites (N-methyl/N-ethyl adjacent to an activating group) is 1. The molecule has 0 unspecified atom stereocenters. The molecular formula is C18H24N2O3. The third-order valence-corrected chi connectivity index (χ3v) is 5.17. The summed E-state index contributed by atoms with van der Waals surface area (Å²) in [6.45, 7) is 7.21. The third-order valence-electron chi connectivity index (χ3n) is 5.17. The van der Waals surface area contributed by atoms with Gasteiger partial charge in [-0.15, -0.1) is 0 Å². The van der Waals surface area contributed by atoms with Crippen LogP contribution >= 0.6 is 0 Å². The standard InChI is InChI=1S/C18H24N2O3/c1-12(2)11-20-8-6-18(7-9-20)14-10-13(16(21)22)4-5-15(14)19(3)17(18)23/h4-5,10,12H,6-9,11H2,1-3H3,(H,21,22). The molecule has 1 spiro atoms. The molecule has 1 aromatic rings. The van der Waals surface area contributed by atoms with E-state index < -0.39 is 11.4 Å². The van der Waals surface area contributed by atoms with Crippen LogP contribution < -0.4 is 4.90 Å². The van der Waals surface area contributed by atoms with Crippen molar-refractivity contribution in [3.05, 3.63) is 29.3 Å². The van der Waals surface area contributed by atoms with Crippen molar-refractivity contribution in [1.29, 1.82) is 0 Å². The Hall–Kier alpha value is -1.88. The van der Waals surface area contributed by atoms with E-state index in [0.717, 1.165) is 43.7 Å². The molecule has 0 radical (unpaired) electrons. The predicted octanol–water partition coefficient (Wildman–Crippen LogP) is 2.35. The first kappa shape index (κ1) is 16.0. The number of carbonyl (C=O) groups is 2. The first-order valence-electron chi connectivity index (χ1n) is 8.23. The molecule has 0 aliphatic carbocycles. The molecule has 1 saturated heterocycles. The maximum atomic E-state index is 12.9. The Kier molecular flexibility index (Phi) is 3.92. The number of carboxylic acid groups (broad SMARTS) is 1. The van der Waals surface area contributed by atoms with Crippen LogP contribution in [0.25, 0.3) is 0 Å². The Morgan fingerprint density at radius 2 is 1.96 bits per heavy atom. The van der Waals surface area contributed by atoms with Gasteiger partial charge in [0.05, 0.1) is 11.0 Å². The molecule has 0 saturated carbocycles. The van der Waals surface area contributed by atoms with Gasteiger partial charge in [-0.3, -0.25) is 4.79 Å². The number of likely N-dealkylation sites (tertiary alicyclic amines) is 1. The minimum Gasteiger partial charge on any atom is -0.478 e. The molecule has 5 nitrogen and oxygen atoms in total. The van der Waals surface area contributed by atoms with Gasteiger partial charge in [-0.1, -0.05) is 13.8 Å². The van der Waals surface area contributed by atoms with Crippen LogP contribution in [0.15, 0.2) is 18.2 Å². The lowest BCUT2D eigenvalue weighted by Gasteiger charge is -2.39. The van der Waals surface area contributed by atoms with Crippen LogP contribution in [0.4, 0.5) is 5.69 Å². The smallest absolute Gasteiger partial charge is 0.335 e. The Morgan fingerprint density at radius 3 is 2.52 bits per heavy atom. The highest BCUT2D eigenvalue weighted by Crippen LogP contribution is 2.47. The first-order valence-corrected chi connectivity index (χ1v) is 8.23. The number of hydrogen-bond acceptors (Lipinski definition) is 3. The summed E-state index contributed by atoms with van der Waals surface area (Å²) in [6, 6.07) is 5.06. The Morgan fingerprint density at radius 1 is 1.30 bits per heavy atom. The fourth-order valence-electron chi connectivity index (χ4n) is 4.01. The van der Waals surface area contributed by atoms with E-state index in [2.05, 4.69) is 18.7 Å². The van der Waals surface area contributed by atoms with Crippen LogP contribution in [-0.2, 0) is 10.2 Å². The lowest BCUT2D eigenvalue weighted by molar-refractivity contribution is -0.124. The molecule has 2 aliphatic heterocycles. The van der Waals surface area contributed by atoms with Crippen LogP contribution in [0, 0.1) is 5.92 Å². The van der Waals surface area contributed by atoms with Crippen molar-refractivity contribution >= 4 is 17.6 Å². The fourth-order valence-corrected chi connectivity index (χ4v) is 4.01. The van der Waals surface area contributed by atoms with Crippen molar-refractivity contribution in [3.63, 3.8) is 0 Å². The number of carboxylic acids is 1. The van der Waals surface area contributed by atoms with Crippen LogP contribution in [-0.4, -0.2) is 48.6 Å². The number of carbonyl (C=O) groups excluding carboxylic acids is 1. The number of aromatic carboxylic acids is 1. The Bertz CT molecular complexity index is 646. The zero-order chi connectivity index (χ0) is 16.8. The molecule has 3 rings (SSSR count). The highest BCUT2D eigenvalue weighted by atomic mass is 16.4. The van der Waals surface area contributed by atoms with E-state index >= 15 is 0 Å². The highest BCUT2D eigenvalue weighted by Gasteiger charge is 2.51. The van der Waals surface area contributed by atoms with Crippen molar-refractivity contribution < 1.29 is 14.7 Å². The summed E-state index contributed by atoms with van der Waals surface area (Å²) in [5, 5.41) is 9.27. The maximum Gasteiger partial charge on any atom is 0.335 e. The minimum absolute atomic E-state index is 0.110. The molecule has 1 fully saturated rings. The second-order valence-electron chi connectivity index (χ2n) is 7.18. The molecule has 2 heterocycles. The number of rotatable bonds is 3. The van der Waals surface area contributed by atoms with Gasteiger partial charge in [-0.25, -0.2) is 4.79 Å². The molecule has 5 heteroatoms. The SMILES string of the molecule is CC(C)CN1CCC2(CC1)C(=O)N(C)c1ccc(C(=O)O)cc12. The first-order chi connectivity index (χ1) is 10.8. The number of piperidine rings is 1. The number of hydrogen-bond donors (Lipinski definition) is 1. The number of nitrogens with zero attached hydrogens (tertiary/aromatic N) is 2. The van der Waals surface area contributed by atoms with E-state index in [4.69, 9.17) is 0 Å². The van der Waals surface area contributed by atoms with E-state index in [-0.39, 0.29) is 11.5 Å². The molecule has 0 atom stereocenters. The van der Waals surface area contributed by atoms with Gasteiger partial charge in [-0.05, 0) is 55.6 Å². The Balaban J connectivity index is 1.94. The van der Waals surface area contributed by atoms with Gasteiger partial charge in [0.1, 0.15) is 0 Å². The van der Waals surface area contributed by atoms with Crippen LogP contribution in [0.1, 0.15) is 42.6 Å². The summed E-state index contributed by atoms with van der Waals surface area (Å²) in [6.07, 6.45) is 1.53. The van der Waals surface area contributed by atoms with Crippen molar-refractivity contribution in [1.82, 2.24) is 4.90 Å². The zero-order valence-electron chi connectivity index (χ0n) is 14.0. The maximum absolute atomic E-state index is 12.9. The second-order valence-corrected chi connectivity index (χ2v) is 7.18. The second kappa shape index (κ2) is 5.64. The van der Waals surface area contributed by atoms with E-state index in [1.165, 1.54) is 0 Å². The largest absolute Gasteiger partial charge is 0.478 e. The fraction of sp³-hybridized carbons (Fsp3) is 0.556. The zero-order valence-corrected chi connectivity index (χ0v) is 14.0. The molecule has 1 N–H and O–H groups in total. The van der Waals surface area contributed by atoms with Crippen molar-refractivity contribution in [2.24, 2.45) is 5.92 Å². The molecular weight excluding hydrogens is 292 g/mol. The predicted molar refractivity (Wildman–Crippen MR) is 89.0 cm³/mol. The van der Waals surface area contributed by atoms with Gasteiger partial charge >= 0.3 is 5.97 Å². The van der Waals surface area contributed by atoms with Gasteiger partial charge in [0.15, 0.2) is 0 Å². The molecule has 0 bridgehead atoms. The van der Waals surface area contributed by atoms with Gasteiger partial charge in [0.2, 0.25) is 5.91 Å². The van der Waals surface area contributed by atoms with Gasteiger partial charge in [0.25, 0.3) is 0 Å². The third kappa shape index (κ3) is 2.53. The topological polar surface area (TPSA) is 60.9 Å². The van der Waals surface area contributed by atoms with Gasteiger partial charge < -0.3 is 14.9 Å². The average molecular weight is 316 g/mol. The van der Waals surface area contributed by atoms with Crippen molar-refractivity contribution in [2.45, 2.75) is 32.1 Å². The number of benzene rings is 1. The number of anilines is 1. The van der Waals surface area contributed by atoms with E-state index in [9.17, 15) is 14.7 Å². The van der Waals surface area contributed by atoms with Crippen molar-refractivity contribution in [2.75, 3.05) is 31.6 Å². The monoisotopic (exact) mass is 316 g/mol. The molecule has 0 aromatic heterocycles. The summed E-state index contributed by atoms with van der Waals surface area (Å²) in [5.74, 6) is -0.224. The quantitative estimate of drug-likeness (QED) is 0.930. The van der Waals surface area contributed by atoms with E-state index in [1.54, 1.807) is 30.1 Å². The summed E-state index contributed by atoms with van der Waals surface area (Å²) in [4.78, 5) is 28.3. The van der Waals surface area contributed by atoms with Gasteiger partial charge in [-0.2, -0.15) is 0 Å². The summed E-state index contributed by atoms with van der Waals surface area (Å²) in [7, 11) is 1.79. The average Bonchev–Trinajstić information content (AvgIpc) is 2.71. The summed E-state index contributed by atoms with van der Waals surface area (Å²) < 4.78 is 0. The van der Waals surface area contributed by atoms with Crippen LogP contribution in [0.5, 0.6) is 0 Å². The van der Waals surface area contributed by atoms with Crippen molar-refractivity contribution in [3.8, 4) is 0 Å². The molecule has 23 heavy (non-hydrogen) atoms. The highest BCUT2D eigenvalue weighted by molar-refractivity contribution is 6.08. The number of amides is 1.